The zero-order valence-electron chi connectivity index (χ0n) is 20.8. The fraction of sp³-hybridized carbons (Fsp3) is 0.448. The van der Waals surface area contributed by atoms with Gasteiger partial charge in [0.2, 0.25) is 0 Å². The Labute approximate surface area is 190 Å². The summed E-state index contributed by atoms with van der Waals surface area (Å²) < 4.78 is 0. The molecule has 0 aromatic heterocycles. The monoisotopic (exact) mass is 418 g/mol. The van der Waals surface area contributed by atoms with Gasteiger partial charge in [-0.15, -0.1) is 0 Å². The van der Waals surface area contributed by atoms with Gasteiger partial charge in [-0.25, -0.2) is 0 Å². The van der Waals surface area contributed by atoms with Crippen LogP contribution >= 0.6 is 0 Å². The van der Waals surface area contributed by atoms with E-state index >= 15 is 0 Å². The molecule has 1 aliphatic rings. The van der Waals surface area contributed by atoms with Crippen LogP contribution in [-0.2, 0) is 10.8 Å². The van der Waals surface area contributed by atoms with Gasteiger partial charge in [0, 0.05) is 0 Å². The van der Waals surface area contributed by atoms with Gasteiger partial charge < -0.3 is 11.5 Å². The van der Waals surface area contributed by atoms with Crippen LogP contribution in [0.2, 0.25) is 0 Å². The third-order valence-electron chi connectivity index (χ3n) is 5.75. The molecule has 1 aliphatic carbocycles. The highest BCUT2D eigenvalue weighted by Gasteiger charge is 2.23. The molecule has 0 heterocycles. The Morgan fingerprint density at radius 3 is 1.19 bits per heavy atom. The average Bonchev–Trinajstić information content (AvgIpc) is 3.08. The van der Waals surface area contributed by atoms with Crippen LogP contribution in [0.15, 0.2) is 60.7 Å². The van der Waals surface area contributed by atoms with E-state index in [0.717, 1.165) is 6.54 Å². The highest BCUT2D eigenvalue weighted by molar-refractivity contribution is 5.92. The lowest BCUT2D eigenvalue weighted by Crippen LogP contribution is -2.21. The molecule has 2 nitrogen and oxygen atoms in total. The molecule has 2 aromatic carbocycles. The molecule has 0 aliphatic heterocycles. The predicted molar refractivity (Wildman–Crippen MR) is 138 cm³/mol. The molecule has 168 valence electrons. The second-order valence-electron chi connectivity index (χ2n) is 11.0. The Hall–Kier alpha value is -2.16. The van der Waals surface area contributed by atoms with Gasteiger partial charge in [0.05, 0.1) is 6.04 Å². The van der Waals surface area contributed by atoms with E-state index in [1.54, 1.807) is 0 Å². The molecule has 31 heavy (non-hydrogen) atoms. The Bertz CT molecular complexity index is 826. The Balaban J connectivity index is 0.000000614. The molecule has 2 heteroatoms. The third kappa shape index (κ3) is 6.66. The van der Waals surface area contributed by atoms with E-state index in [0.29, 0.717) is 5.92 Å². The number of hydrogen-bond donors (Lipinski definition) is 2. The maximum Gasteiger partial charge on any atom is 0.0563 e. The summed E-state index contributed by atoms with van der Waals surface area (Å²) in [5.74, 6) is 0.662. The molecule has 0 bridgehead atoms. The summed E-state index contributed by atoms with van der Waals surface area (Å²) in [7, 11) is 0. The fourth-order valence-corrected chi connectivity index (χ4v) is 3.43. The van der Waals surface area contributed by atoms with Gasteiger partial charge in [0.1, 0.15) is 0 Å². The summed E-state index contributed by atoms with van der Waals surface area (Å²) in [5, 5.41) is 0. The van der Waals surface area contributed by atoms with E-state index in [9.17, 15) is 0 Å². The number of hydrogen-bond acceptors (Lipinski definition) is 2. The Morgan fingerprint density at radius 1 is 0.677 bits per heavy atom. The molecule has 0 spiro atoms. The molecule has 4 N–H and O–H groups in total. The van der Waals surface area contributed by atoms with Crippen LogP contribution in [0, 0.1) is 5.92 Å². The normalized spacial score (nSPS) is 14.8. The first-order chi connectivity index (χ1) is 14.3. The van der Waals surface area contributed by atoms with E-state index in [1.165, 1.54) is 33.4 Å². The largest absolute Gasteiger partial charge is 0.330 e. The molecule has 0 saturated heterocycles. The van der Waals surface area contributed by atoms with Gasteiger partial charge in [-0.2, -0.15) is 0 Å². The fourth-order valence-electron chi connectivity index (χ4n) is 3.43. The first-order valence-electron chi connectivity index (χ1n) is 11.4. The van der Waals surface area contributed by atoms with Crippen molar-refractivity contribution in [2.24, 2.45) is 17.4 Å². The molecule has 0 unspecified atom stereocenters. The van der Waals surface area contributed by atoms with Gasteiger partial charge in [-0.05, 0) is 56.7 Å². The van der Waals surface area contributed by atoms with E-state index in [-0.39, 0.29) is 16.9 Å². The number of allylic oxidation sites excluding steroid dienone is 2. The zero-order valence-corrected chi connectivity index (χ0v) is 20.8. The smallest absolute Gasteiger partial charge is 0.0563 e. The van der Waals surface area contributed by atoms with Crippen molar-refractivity contribution in [3.05, 3.63) is 82.9 Å². The standard InChI is InChI=1S/C25H31N.C4H11N/c1-24(2,3)19-11-7-17(8-12-19)21-15-16-22(23(21)26)18-9-13-20(14-10-18)25(4,5)6;1-4(2)3-5/h7-16,23H,26H2,1-6H3;4H,3,5H2,1-2H3. The number of nitrogens with two attached hydrogens (primary N) is 2. The quantitative estimate of drug-likeness (QED) is 0.583. The molecular weight excluding hydrogens is 376 g/mol. The van der Waals surface area contributed by atoms with Crippen LogP contribution in [0.5, 0.6) is 0 Å². The van der Waals surface area contributed by atoms with Crippen LogP contribution in [-0.4, -0.2) is 12.6 Å². The summed E-state index contributed by atoms with van der Waals surface area (Å²) in [6.07, 6.45) is 4.34. The van der Waals surface area contributed by atoms with Crippen LogP contribution < -0.4 is 11.5 Å². The second kappa shape index (κ2) is 9.97. The van der Waals surface area contributed by atoms with E-state index in [1.807, 2.05) is 0 Å². The first kappa shape index (κ1) is 25.1. The van der Waals surface area contributed by atoms with Crippen molar-refractivity contribution in [2.75, 3.05) is 6.54 Å². The highest BCUT2D eigenvalue weighted by Crippen LogP contribution is 2.35. The van der Waals surface area contributed by atoms with Crippen molar-refractivity contribution in [1.82, 2.24) is 0 Å². The lowest BCUT2D eigenvalue weighted by atomic mass is 9.85. The van der Waals surface area contributed by atoms with Crippen LogP contribution in [0.3, 0.4) is 0 Å². The van der Waals surface area contributed by atoms with Crippen molar-refractivity contribution in [1.29, 1.82) is 0 Å². The Morgan fingerprint density at radius 2 is 0.968 bits per heavy atom. The maximum absolute atomic E-state index is 6.60. The van der Waals surface area contributed by atoms with Crippen LogP contribution in [0.4, 0.5) is 0 Å². The lowest BCUT2D eigenvalue weighted by Gasteiger charge is -2.21. The van der Waals surface area contributed by atoms with Gasteiger partial charge in [0.25, 0.3) is 0 Å². The Kier molecular flexibility index (Phi) is 8.08. The van der Waals surface area contributed by atoms with Crippen LogP contribution in [0.1, 0.15) is 77.6 Å². The zero-order chi connectivity index (χ0) is 23.4. The van der Waals surface area contributed by atoms with Gasteiger partial charge >= 0.3 is 0 Å². The SMILES string of the molecule is CC(C)(C)c1ccc(C2=CC=C(c3ccc(C(C)(C)C)cc3)C2N)cc1.CC(C)CN. The van der Waals surface area contributed by atoms with Crippen molar-refractivity contribution >= 4 is 11.1 Å². The van der Waals surface area contributed by atoms with E-state index in [4.69, 9.17) is 11.5 Å². The molecule has 0 fully saturated rings. The summed E-state index contributed by atoms with van der Waals surface area (Å²) in [6, 6.07) is 17.6. The molecular formula is C29H42N2. The lowest BCUT2D eigenvalue weighted by molar-refractivity contribution is 0.590. The van der Waals surface area contributed by atoms with Crippen molar-refractivity contribution in [3.63, 3.8) is 0 Å². The molecule has 0 saturated carbocycles. The van der Waals surface area contributed by atoms with Crippen molar-refractivity contribution < 1.29 is 0 Å². The van der Waals surface area contributed by atoms with Crippen molar-refractivity contribution in [2.45, 2.75) is 72.3 Å². The van der Waals surface area contributed by atoms with E-state index in [2.05, 4.69) is 116 Å². The summed E-state index contributed by atoms with van der Waals surface area (Å²) in [5.41, 5.74) is 19.6. The molecule has 3 rings (SSSR count). The number of rotatable bonds is 3. The molecule has 0 radical (unpaired) electrons. The van der Waals surface area contributed by atoms with Gasteiger partial charge in [0.15, 0.2) is 0 Å². The third-order valence-corrected chi connectivity index (χ3v) is 5.75. The summed E-state index contributed by atoms with van der Waals surface area (Å²) >= 11 is 0. The summed E-state index contributed by atoms with van der Waals surface area (Å²) in [6.45, 7) is 18.4. The van der Waals surface area contributed by atoms with Gasteiger partial charge in [-0.1, -0.05) is 116 Å². The van der Waals surface area contributed by atoms with Crippen LogP contribution in [0.25, 0.3) is 11.1 Å². The minimum Gasteiger partial charge on any atom is -0.330 e. The summed E-state index contributed by atoms with van der Waals surface area (Å²) in [4.78, 5) is 0. The minimum absolute atomic E-state index is 0.0732. The minimum atomic E-state index is -0.0732. The molecule has 0 amide bonds. The number of benzene rings is 2. The molecule has 0 atom stereocenters. The molecule has 2 aromatic rings. The van der Waals surface area contributed by atoms with Gasteiger partial charge in [-0.3, -0.25) is 0 Å². The second-order valence-corrected chi connectivity index (χ2v) is 11.0. The van der Waals surface area contributed by atoms with E-state index < -0.39 is 0 Å². The topological polar surface area (TPSA) is 52.0 Å². The van der Waals surface area contributed by atoms with Crippen molar-refractivity contribution in [3.8, 4) is 0 Å². The highest BCUT2D eigenvalue weighted by atomic mass is 14.7. The predicted octanol–water partition coefficient (Wildman–Crippen LogP) is 6.69. The average molecular weight is 419 g/mol. The first-order valence-corrected chi connectivity index (χ1v) is 11.4. The maximum atomic E-state index is 6.60.